The van der Waals surface area contributed by atoms with E-state index < -0.39 is 0 Å². The van der Waals surface area contributed by atoms with Gasteiger partial charge in [-0.05, 0) is 58.9 Å². The van der Waals surface area contributed by atoms with Crippen LogP contribution in [0.15, 0.2) is 84.9 Å². The van der Waals surface area contributed by atoms with Gasteiger partial charge in [0.1, 0.15) is 0 Å². The molecule has 0 saturated carbocycles. The fourth-order valence-electron chi connectivity index (χ4n) is 2.93. The number of rotatable bonds is 5. The van der Waals surface area contributed by atoms with Crippen molar-refractivity contribution in [1.82, 2.24) is 0 Å². The van der Waals surface area contributed by atoms with Gasteiger partial charge in [0.15, 0.2) is 0 Å². The highest BCUT2D eigenvalue weighted by Gasteiger charge is 2.03. The standard InChI is InChI=1S/C24H24/c1-3-4-10-19(2)21-13-8-15-23(17-21)24-16-9-14-22(18-24)20-11-6-5-7-12-20/h5-18H,3-4H2,1-2H3/b19-10+. The van der Waals surface area contributed by atoms with Crippen LogP contribution in [0.2, 0.25) is 0 Å². The van der Waals surface area contributed by atoms with Crippen LogP contribution in [-0.4, -0.2) is 0 Å². The minimum atomic E-state index is 1.14. The zero-order chi connectivity index (χ0) is 16.8. The predicted octanol–water partition coefficient (Wildman–Crippen LogP) is 7.22. The van der Waals surface area contributed by atoms with E-state index in [1.54, 1.807) is 0 Å². The predicted molar refractivity (Wildman–Crippen MR) is 106 cm³/mol. The second-order valence-corrected chi connectivity index (χ2v) is 6.20. The Morgan fingerprint density at radius 2 is 1.29 bits per heavy atom. The van der Waals surface area contributed by atoms with Crippen molar-refractivity contribution in [3.8, 4) is 22.3 Å². The molecule has 0 aliphatic carbocycles. The minimum absolute atomic E-state index is 1.14. The van der Waals surface area contributed by atoms with Crippen LogP contribution >= 0.6 is 0 Å². The lowest BCUT2D eigenvalue weighted by molar-refractivity contribution is 0.959. The highest BCUT2D eigenvalue weighted by atomic mass is 14.1. The van der Waals surface area contributed by atoms with E-state index in [-0.39, 0.29) is 0 Å². The molecule has 0 spiro atoms. The second-order valence-electron chi connectivity index (χ2n) is 6.20. The summed E-state index contributed by atoms with van der Waals surface area (Å²) in [6.07, 6.45) is 4.66. The van der Waals surface area contributed by atoms with Gasteiger partial charge in [-0.15, -0.1) is 0 Å². The summed E-state index contributed by atoms with van der Waals surface area (Å²) < 4.78 is 0. The Balaban J connectivity index is 1.95. The average molecular weight is 312 g/mol. The van der Waals surface area contributed by atoms with Crippen molar-refractivity contribution in [2.24, 2.45) is 0 Å². The summed E-state index contributed by atoms with van der Waals surface area (Å²) in [5, 5.41) is 0. The third-order valence-corrected chi connectivity index (χ3v) is 4.36. The zero-order valence-corrected chi connectivity index (χ0v) is 14.5. The molecule has 0 N–H and O–H groups in total. The van der Waals surface area contributed by atoms with E-state index in [0.717, 1.165) is 6.42 Å². The van der Waals surface area contributed by atoms with Crippen LogP contribution in [0.4, 0.5) is 0 Å². The normalized spacial score (nSPS) is 11.5. The summed E-state index contributed by atoms with van der Waals surface area (Å²) in [6, 6.07) is 28.2. The van der Waals surface area contributed by atoms with Crippen molar-refractivity contribution >= 4 is 5.57 Å². The van der Waals surface area contributed by atoms with Gasteiger partial charge in [0, 0.05) is 0 Å². The first-order valence-corrected chi connectivity index (χ1v) is 8.71. The molecule has 120 valence electrons. The Hall–Kier alpha value is -2.60. The van der Waals surface area contributed by atoms with E-state index in [1.807, 2.05) is 0 Å². The molecule has 0 aliphatic heterocycles. The van der Waals surface area contributed by atoms with E-state index in [2.05, 4.69) is 98.8 Å². The van der Waals surface area contributed by atoms with Gasteiger partial charge < -0.3 is 0 Å². The van der Waals surface area contributed by atoms with Crippen LogP contribution in [0.5, 0.6) is 0 Å². The molecule has 3 rings (SSSR count). The molecule has 0 amide bonds. The summed E-state index contributed by atoms with van der Waals surface area (Å²) in [4.78, 5) is 0. The van der Waals surface area contributed by atoms with E-state index in [9.17, 15) is 0 Å². The summed E-state index contributed by atoms with van der Waals surface area (Å²) in [5.74, 6) is 0. The molecular formula is C24H24. The number of hydrogen-bond donors (Lipinski definition) is 0. The number of allylic oxidation sites excluding steroid dienone is 2. The highest BCUT2D eigenvalue weighted by molar-refractivity contribution is 5.76. The maximum Gasteiger partial charge on any atom is -0.0178 e. The second kappa shape index (κ2) is 7.79. The lowest BCUT2D eigenvalue weighted by Gasteiger charge is -2.09. The summed E-state index contributed by atoms with van der Waals surface area (Å²) in [5.41, 5.74) is 7.73. The van der Waals surface area contributed by atoms with Gasteiger partial charge in [0.25, 0.3) is 0 Å². The van der Waals surface area contributed by atoms with Crippen molar-refractivity contribution in [2.75, 3.05) is 0 Å². The minimum Gasteiger partial charge on any atom is -0.0810 e. The molecule has 0 unspecified atom stereocenters. The quantitative estimate of drug-likeness (QED) is 0.466. The first-order valence-electron chi connectivity index (χ1n) is 8.71. The maximum absolute atomic E-state index is 2.33. The lowest BCUT2D eigenvalue weighted by Crippen LogP contribution is -1.84. The van der Waals surface area contributed by atoms with E-state index >= 15 is 0 Å². The molecule has 0 heteroatoms. The highest BCUT2D eigenvalue weighted by Crippen LogP contribution is 2.28. The molecule has 24 heavy (non-hydrogen) atoms. The Bertz CT molecular complexity index is 825. The molecular weight excluding hydrogens is 288 g/mol. The van der Waals surface area contributed by atoms with Crippen LogP contribution in [-0.2, 0) is 0 Å². The maximum atomic E-state index is 2.33. The monoisotopic (exact) mass is 312 g/mol. The third-order valence-electron chi connectivity index (χ3n) is 4.36. The molecule has 3 aromatic rings. The van der Waals surface area contributed by atoms with Crippen molar-refractivity contribution in [3.63, 3.8) is 0 Å². The molecule has 0 saturated heterocycles. The molecule has 0 nitrogen and oxygen atoms in total. The average Bonchev–Trinajstić information content (AvgIpc) is 2.67. The van der Waals surface area contributed by atoms with Gasteiger partial charge in [-0.25, -0.2) is 0 Å². The Morgan fingerprint density at radius 1 is 0.708 bits per heavy atom. The van der Waals surface area contributed by atoms with Crippen LogP contribution in [0.3, 0.4) is 0 Å². The molecule has 0 aliphatic rings. The van der Waals surface area contributed by atoms with Gasteiger partial charge in [-0.2, -0.15) is 0 Å². The van der Waals surface area contributed by atoms with Crippen molar-refractivity contribution in [2.45, 2.75) is 26.7 Å². The first kappa shape index (κ1) is 16.3. The van der Waals surface area contributed by atoms with Crippen LogP contribution in [0.1, 0.15) is 32.3 Å². The van der Waals surface area contributed by atoms with Gasteiger partial charge in [-0.1, -0.05) is 86.2 Å². The Kier molecular flexibility index (Phi) is 5.28. The van der Waals surface area contributed by atoms with E-state index in [0.29, 0.717) is 0 Å². The van der Waals surface area contributed by atoms with Gasteiger partial charge in [-0.3, -0.25) is 0 Å². The molecule has 0 aromatic heterocycles. The van der Waals surface area contributed by atoms with Crippen molar-refractivity contribution in [1.29, 1.82) is 0 Å². The molecule has 3 aromatic carbocycles. The molecule has 0 radical (unpaired) electrons. The van der Waals surface area contributed by atoms with Crippen LogP contribution in [0.25, 0.3) is 27.8 Å². The van der Waals surface area contributed by atoms with E-state index in [1.165, 1.54) is 39.8 Å². The largest absolute Gasteiger partial charge is 0.0810 e. The van der Waals surface area contributed by atoms with Gasteiger partial charge in [0.2, 0.25) is 0 Å². The molecule has 0 atom stereocenters. The fourth-order valence-corrected chi connectivity index (χ4v) is 2.93. The third kappa shape index (κ3) is 3.83. The van der Waals surface area contributed by atoms with E-state index in [4.69, 9.17) is 0 Å². The Morgan fingerprint density at radius 3 is 2.00 bits per heavy atom. The SMILES string of the molecule is CCC/C=C(\C)c1cccc(-c2cccc(-c3ccccc3)c2)c1. The number of hydrogen-bond acceptors (Lipinski definition) is 0. The molecule has 0 bridgehead atoms. The smallest absolute Gasteiger partial charge is 0.0178 e. The van der Waals surface area contributed by atoms with Crippen LogP contribution in [0, 0.1) is 0 Å². The van der Waals surface area contributed by atoms with Crippen LogP contribution < -0.4 is 0 Å². The fraction of sp³-hybridized carbons (Fsp3) is 0.167. The lowest BCUT2D eigenvalue weighted by atomic mass is 9.96. The van der Waals surface area contributed by atoms with Crippen molar-refractivity contribution < 1.29 is 0 Å². The Labute approximate surface area is 145 Å². The summed E-state index contributed by atoms with van der Waals surface area (Å²) in [6.45, 7) is 4.42. The van der Waals surface area contributed by atoms with Crippen molar-refractivity contribution in [3.05, 3.63) is 90.5 Å². The number of unbranched alkanes of at least 4 members (excludes halogenated alkanes) is 1. The van der Waals surface area contributed by atoms with Gasteiger partial charge >= 0.3 is 0 Å². The topological polar surface area (TPSA) is 0 Å². The molecule has 0 heterocycles. The zero-order valence-electron chi connectivity index (χ0n) is 14.5. The van der Waals surface area contributed by atoms with Gasteiger partial charge in [0.05, 0.1) is 0 Å². The first-order chi connectivity index (χ1) is 11.8. The summed E-state index contributed by atoms with van der Waals surface area (Å²) in [7, 11) is 0. The summed E-state index contributed by atoms with van der Waals surface area (Å²) >= 11 is 0. The molecule has 0 fully saturated rings. The number of benzene rings is 3.